The van der Waals surface area contributed by atoms with Crippen molar-refractivity contribution in [2.24, 2.45) is 0 Å². The molecule has 0 bridgehead atoms. The molecular weight excluding hydrogens is 500 g/mol. The van der Waals surface area contributed by atoms with E-state index in [-0.39, 0.29) is 18.5 Å². The summed E-state index contributed by atoms with van der Waals surface area (Å²) in [6, 6.07) is 16.1. The molecule has 3 aromatic rings. The Hall–Kier alpha value is -3.60. The van der Waals surface area contributed by atoms with Crippen LogP contribution in [0.25, 0.3) is 0 Å². The minimum Gasteiger partial charge on any atom is -0.482 e. The topological polar surface area (TPSA) is 61.8 Å². The highest BCUT2D eigenvalue weighted by atomic mass is 16.6. The summed E-state index contributed by atoms with van der Waals surface area (Å²) in [5, 5.41) is 0. The standard InChI is InChI=1S/C35H42O5/c1-20(2)26-17-29(23(6)15-22(26)5)35(28-14-12-11-13-25(28)33(37)40-35)30-18-27(21(3)4)31(16-24(30)7)38-19-32(36)39-34(8,9)10/h11-18,20-21H,19H2,1-10H3. The van der Waals surface area contributed by atoms with Crippen LogP contribution in [-0.4, -0.2) is 24.1 Å². The molecule has 212 valence electrons. The molecule has 5 nitrogen and oxygen atoms in total. The van der Waals surface area contributed by atoms with Gasteiger partial charge in [0, 0.05) is 16.7 Å². The maximum absolute atomic E-state index is 13.4. The number of rotatable bonds is 7. The Bertz CT molecular complexity index is 1460. The monoisotopic (exact) mass is 542 g/mol. The molecule has 0 saturated carbocycles. The molecule has 1 atom stereocenters. The molecule has 0 fully saturated rings. The fourth-order valence-electron chi connectivity index (χ4n) is 5.79. The molecule has 0 spiro atoms. The van der Waals surface area contributed by atoms with Crippen molar-refractivity contribution in [3.05, 3.63) is 98.6 Å². The molecule has 0 aromatic heterocycles. The third-order valence-corrected chi connectivity index (χ3v) is 7.51. The summed E-state index contributed by atoms with van der Waals surface area (Å²) in [6.45, 7) is 20.1. The molecule has 0 saturated heterocycles. The van der Waals surface area contributed by atoms with Gasteiger partial charge in [-0.2, -0.15) is 0 Å². The molecule has 1 unspecified atom stereocenters. The number of carbonyl (C=O) groups is 2. The van der Waals surface area contributed by atoms with E-state index in [1.807, 2.05) is 58.0 Å². The number of cyclic esters (lactones) is 1. The summed E-state index contributed by atoms with van der Waals surface area (Å²) >= 11 is 0. The van der Waals surface area contributed by atoms with Crippen LogP contribution in [0, 0.1) is 20.8 Å². The third kappa shape index (κ3) is 5.39. The number of hydrogen-bond donors (Lipinski definition) is 0. The molecule has 1 aliphatic rings. The average Bonchev–Trinajstić information content (AvgIpc) is 3.14. The van der Waals surface area contributed by atoms with Crippen LogP contribution in [0.15, 0.2) is 48.5 Å². The Morgan fingerprint density at radius 3 is 2.00 bits per heavy atom. The maximum atomic E-state index is 13.4. The molecule has 0 aliphatic carbocycles. The van der Waals surface area contributed by atoms with Crippen molar-refractivity contribution in [3.63, 3.8) is 0 Å². The third-order valence-electron chi connectivity index (χ3n) is 7.51. The Kier molecular flexibility index (Phi) is 7.90. The first-order valence-electron chi connectivity index (χ1n) is 14.1. The van der Waals surface area contributed by atoms with Gasteiger partial charge in [0.15, 0.2) is 12.2 Å². The quantitative estimate of drug-likeness (QED) is 0.283. The SMILES string of the molecule is Cc1cc(C)c(C2(c3cc(C(C)C)c(OCC(=O)OC(C)(C)C)cc3C)OC(=O)c3ccccc32)cc1C(C)C. The Morgan fingerprint density at radius 2 is 1.40 bits per heavy atom. The molecule has 1 aliphatic heterocycles. The zero-order chi connectivity index (χ0) is 29.6. The van der Waals surface area contributed by atoms with Crippen molar-refractivity contribution in [1.82, 2.24) is 0 Å². The number of fused-ring (bicyclic) bond motifs is 1. The van der Waals surface area contributed by atoms with Crippen LogP contribution >= 0.6 is 0 Å². The first-order chi connectivity index (χ1) is 18.7. The lowest BCUT2D eigenvalue weighted by atomic mass is 9.74. The van der Waals surface area contributed by atoms with Crippen molar-refractivity contribution in [2.45, 2.75) is 92.3 Å². The van der Waals surface area contributed by atoms with E-state index in [9.17, 15) is 9.59 Å². The lowest BCUT2D eigenvalue weighted by molar-refractivity contribution is -0.157. The number of ether oxygens (including phenoxy) is 3. The second-order valence-corrected chi connectivity index (χ2v) is 12.5. The summed E-state index contributed by atoms with van der Waals surface area (Å²) in [5.41, 5.74) is 6.88. The van der Waals surface area contributed by atoms with Crippen LogP contribution in [-0.2, 0) is 19.9 Å². The normalized spacial score (nSPS) is 16.8. The van der Waals surface area contributed by atoms with Crippen LogP contribution in [0.3, 0.4) is 0 Å². The van der Waals surface area contributed by atoms with E-state index >= 15 is 0 Å². The second-order valence-electron chi connectivity index (χ2n) is 12.5. The molecule has 3 aromatic carbocycles. The van der Waals surface area contributed by atoms with Crippen molar-refractivity contribution >= 4 is 11.9 Å². The van der Waals surface area contributed by atoms with E-state index in [1.165, 1.54) is 11.1 Å². The van der Waals surface area contributed by atoms with Crippen LogP contribution in [0.4, 0.5) is 0 Å². The number of carbonyl (C=O) groups excluding carboxylic acids is 2. The van der Waals surface area contributed by atoms with Gasteiger partial charge in [-0.3, -0.25) is 0 Å². The minimum atomic E-state index is -1.12. The van der Waals surface area contributed by atoms with Gasteiger partial charge in [-0.15, -0.1) is 0 Å². The van der Waals surface area contributed by atoms with Crippen LogP contribution in [0.5, 0.6) is 5.75 Å². The first kappa shape index (κ1) is 29.4. The largest absolute Gasteiger partial charge is 0.482 e. The van der Waals surface area contributed by atoms with E-state index in [1.54, 1.807) is 0 Å². The van der Waals surface area contributed by atoms with Gasteiger partial charge in [-0.1, -0.05) is 58.0 Å². The van der Waals surface area contributed by atoms with Gasteiger partial charge in [0.25, 0.3) is 0 Å². The second kappa shape index (κ2) is 10.8. The van der Waals surface area contributed by atoms with Crippen molar-refractivity contribution in [1.29, 1.82) is 0 Å². The minimum absolute atomic E-state index is 0.0859. The summed E-state index contributed by atoms with van der Waals surface area (Å²) in [5.74, 6) is 0.258. The summed E-state index contributed by atoms with van der Waals surface area (Å²) < 4.78 is 18.0. The molecule has 0 amide bonds. The van der Waals surface area contributed by atoms with E-state index in [0.717, 1.165) is 33.4 Å². The van der Waals surface area contributed by atoms with E-state index in [0.29, 0.717) is 17.2 Å². The highest BCUT2D eigenvalue weighted by Gasteiger charge is 2.50. The molecule has 4 rings (SSSR count). The van der Waals surface area contributed by atoms with Crippen LogP contribution in [0.2, 0.25) is 0 Å². The zero-order valence-corrected chi connectivity index (χ0v) is 25.5. The molecular formula is C35H42O5. The van der Waals surface area contributed by atoms with Crippen LogP contribution < -0.4 is 4.74 Å². The van der Waals surface area contributed by atoms with Crippen LogP contribution in [0.1, 0.15) is 115 Å². The average molecular weight is 543 g/mol. The summed E-state index contributed by atoms with van der Waals surface area (Å²) in [7, 11) is 0. The Balaban J connectivity index is 1.95. The maximum Gasteiger partial charge on any atom is 0.344 e. The number of esters is 2. The Labute approximate surface area is 238 Å². The lowest BCUT2D eigenvalue weighted by Crippen LogP contribution is -2.32. The van der Waals surface area contributed by atoms with Gasteiger partial charge >= 0.3 is 11.9 Å². The molecule has 40 heavy (non-hydrogen) atoms. The van der Waals surface area contributed by atoms with Gasteiger partial charge in [0.1, 0.15) is 11.4 Å². The van der Waals surface area contributed by atoms with E-state index < -0.39 is 17.2 Å². The number of benzene rings is 3. The zero-order valence-electron chi connectivity index (χ0n) is 25.5. The van der Waals surface area contributed by atoms with Gasteiger partial charge < -0.3 is 14.2 Å². The summed E-state index contributed by atoms with van der Waals surface area (Å²) in [6.07, 6.45) is 0. The van der Waals surface area contributed by atoms with Gasteiger partial charge in [0.05, 0.1) is 5.56 Å². The molecule has 0 N–H and O–H groups in total. The lowest BCUT2D eigenvalue weighted by Gasteiger charge is -2.35. The number of hydrogen-bond acceptors (Lipinski definition) is 5. The predicted molar refractivity (Wildman–Crippen MR) is 158 cm³/mol. The molecule has 0 radical (unpaired) electrons. The van der Waals surface area contributed by atoms with E-state index in [4.69, 9.17) is 14.2 Å². The van der Waals surface area contributed by atoms with Gasteiger partial charge in [-0.05, 0) is 99.4 Å². The number of aryl methyl sites for hydroxylation is 3. The molecule has 1 heterocycles. The fourth-order valence-corrected chi connectivity index (χ4v) is 5.79. The smallest absolute Gasteiger partial charge is 0.344 e. The Morgan fingerprint density at radius 1 is 0.825 bits per heavy atom. The van der Waals surface area contributed by atoms with Crippen molar-refractivity contribution in [2.75, 3.05) is 6.61 Å². The van der Waals surface area contributed by atoms with Crippen molar-refractivity contribution < 1.29 is 23.8 Å². The van der Waals surface area contributed by atoms with E-state index in [2.05, 4.69) is 59.7 Å². The highest BCUT2D eigenvalue weighted by Crippen LogP contribution is 2.51. The van der Waals surface area contributed by atoms with Gasteiger partial charge in [-0.25, -0.2) is 9.59 Å². The summed E-state index contributed by atoms with van der Waals surface area (Å²) in [4.78, 5) is 25.8. The van der Waals surface area contributed by atoms with Gasteiger partial charge in [0.2, 0.25) is 0 Å². The fraction of sp³-hybridized carbons (Fsp3) is 0.429. The predicted octanol–water partition coefficient (Wildman–Crippen LogP) is 8.04. The molecule has 5 heteroatoms. The highest BCUT2D eigenvalue weighted by molar-refractivity contribution is 5.96. The first-order valence-corrected chi connectivity index (χ1v) is 14.1. The van der Waals surface area contributed by atoms with Crippen molar-refractivity contribution in [3.8, 4) is 5.75 Å².